The second kappa shape index (κ2) is 24.4. The number of esters is 1. The van der Waals surface area contributed by atoms with Gasteiger partial charge in [-0.3, -0.25) is 4.79 Å². The van der Waals surface area contributed by atoms with E-state index in [-0.39, 0.29) is 120 Å². The van der Waals surface area contributed by atoms with Crippen LogP contribution in [0.5, 0.6) is 0 Å². The highest BCUT2D eigenvalue weighted by Crippen LogP contribution is 2.45. The summed E-state index contributed by atoms with van der Waals surface area (Å²) in [5.74, 6) is 0.763. The lowest BCUT2D eigenvalue weighted by Gasteiger charge is -2.51. The molecule has 70 heavy (non-hydrogen) atoms. The fraction of sp³-hybridized carbons (Fsp3) is 0.772. The van der Waals surface area contributed by atoms with Crippen LogP contribution in [-0.4, -0.2) is 114 Å². The van der Waals surface area contributed by atoms with Crippen molar-refractivity contribution in [2.24, 2.45) is 35.5 Å². The summed E-state index contributed by atoms with van der Waals surface area (Å²) in [5.41, 5.74) is 2.15. The van der Waals surface area contributed by atoms with E-state index in [1.165, 1.54) is 7.11 Å². The van der Waals surface area contributed by atoms with Gasteiger partial charge in [-0.25, -0.2) is 8.42 Å². The van der Waals surface area contributed by atoms with Gasteiger partial charge < -0.3 is 38.0 Å². The molecule has 5 saturated heterocycles. The number of methoxy groups -OCH3 is 1. The molecule has 1 aromatic rings. The average Bonchev–Trinajstić information content (AvgIpc) is 3.81. The van der Waals surface area contributed by atoms with Gasteiger partial charge in [-0.2, -0.15) is 0 Å². The van der Waals surface area contributed by atoms with Crippen LogP contribution in [-0.2, 0) is 47.5 Å². The molecule has 0 spiro atoms. The lowest BCUT2D eigenvalue weighted by atomic mass is 9.77. The highest BCUT2D eigenvalue weighted by atomic mass is 32.2. The summed E-state index contributed by atoms with van der Waals surface area (Å²) in [5, 5.41) is 11.4. The number of carbonyl (C=O) groups is 1. The van der Waals surface area contributed by atoms with Crippen LogP contribution in [0.4, 0.5) is 0 Å². The van der Waals surface area contributed by atoms with Gasteiger partial charge in [-0.1, -0.05) is 112 Å². The molecular formula is C57H92O11SSi. The quantitative estimate of drug-likeness (QED) is 0.0716. The van der Waals surface area contributed by atoms with Gasteiger partial charge in [-0.05, 0) is 129 Å². The van der Waals surface area contributed by atoms with Crippen molar-refractivity contribution < 1.29 is 51.2 Å². The Bertz CT molecular complexity index is 2020. The fourth-order valence-electron chi connectivity index (χ4n) is 11.4. The van der Waals surface area contributed by atoms with Gasteiger partial charge in [0.2, 0.25) is 0 Å². The lowest BCUT2D eigenvalue weighted by molar-refractivity contribution is -0.238. The van der Waals surface area contributed by atoms with Crippen molar-refractivity contribution in [1.29, 1.82) is 0 Å². The van der Waals surface area contributed by atoms with Crippen molar-refractivity contribution in [3.63, 3.8) is 0 Å². The predicted molar refractivity (Wildman–Crippen MR) is 280 cm³/mol. The van der Waals surface area contributed by atoms with Gasteiger partial charge in [0.15, 0.2) is 18.2 Å². The average molecular weight is 1010 g/mol. The van der Waals surface area contributed by atoms with Gasteiger partial charge in [0, 0.05) is 12.3 Å². The summed E-state index contributed by atoms with van der Waals surface area (Å²) in [4.78, 5) is 12.4. The van der Waals surface area contributed by atoms with Crippen molar-refractivity contribution in [1.82, 2.24) is 0 Å². The first kappa shape index (κ1) is 57.1. The number of fused-ring (bicyclic) bond motifs is 1. The van der Waals surface area contributed by atoms with E-state index in [1.807, 2.05) is 18.2 Å². The standard InChI is InChI=1S/C57H92O11SSi/c1-15-35(2)29-51-41(8)47(34-69(60,61)46-19-17-16-18-20-46)53(66-51)33-52-38(5)36(3)30-44(64-52)24-27-48-37(4)31-43(63-48)23-21-42(58)22-26-50(68-70(13,14)57(9,10)11)56-40(7)39(6)55-49(67-56)28-25-45(65-55)32-54(59)62-12/h16-20,22,26,35-36,39-45,47-53,55-56,58H,4-5,15,21,23-25,27-34H2,1-3,6-14H3/b26-22+/t35-,36-,39-,40+,41-,42?,43+,44+,45?,47-,48?,49?,50+,51-,52-,53?,55?,56-/m1/s1. The highest BCUT2D eigenvalue weighted by molar-refractivity contribution is 7.91. The van der Waals surface area contributed by atoms with E-state index in [0.29, 0.717) is 30.1 Å². The van der Waals surface area contributed by atoms with E-state index >= 15 is 0 Å². The van der Waals surface area contributed by atoms with Crippen LogP contribution in [0.1, 0.15) is 139 Å². The summed E-state index contributed by atoms with van der Waals surface area (Å²) in [6, 6.07) is 8.80. The molecule has 0 radical (unpaired) electrons. The van der Waals surface area contributed by atoms with Crippen molar-refractivity contribution in [2.75, 3.05) is 12.9 Å². The van der Waals surface area contributed by atoms with E-state index in [2.05, 4.69) is 88.6 Å². The summed E-state index contributed by atoms with van der Waals surface area (Å²) >= 11 is 0. The minimum Gasteiger partial charge on any atom is -0.469 e. The monoisotopic (exact) mass is 1010 g/mol. The Labute approximate surface area is 424 Å². The molecule has 18 atom stereocenters. The molecule has 5 aliphatic rings. The Morgan fingerprint density at radius 1 is 0.886 bits per heavy atom. The summed E-state index contributed by atoms with van der Waals surface area (Å²) in [6.07, 6.45) is 10.6. The van der Waals surface area contributed by atoms with Gasteiger partial charge >= 0.3 is 5.97 Å². The van der Waals surface area contributed by atoms with Crippen molar-refractivity contribution >= 4 is 24.1 Å². The number of ether oxygens (including phenoxy) is 6. The first-order valence-electron chi connectivity index (χ1n) is 26.9. The second-order valence-corrected chi connectivity index (χ2v) is 30.6. The van der Waals surface area contributed by atoms with Gasteiger partial charge in [0.1, 0.15) is 0 Å². The van der Waals surface area contributed by atoms with E-state index in [9.17, 15) is 18.3 Å². The first-order chi connectivity index (χ1) is 32.9. The van der Waals surface area contributed by atoms with Crippen LogP contribution in [0.3, 0.4) is 0 Å². The zero-order valence-corrected chi connectivity index (χ0v) is 46.8. The molecule has 0 aromatic heterocycles. The Morgan fingerprint density at radius 2 is 1.59 bits per heavy atom. The SMILES string of the molecule is C=C1C[C@H](CCC(O)/C=C/[C@H](O[Si](C)(C)C(C)(C)C)[C@@H]2OC3CCC(CC(=O)OC)OC3[C@H](C)[C@@H]2C)OC1CC[C@H]1C[C@@H](C)C(=C)[C@@H](CC2O[C@H](C[C@H](C)CC)[C@H](C)[C@H]2CS(=O)(=O)c2ccccc2)O1. The minimum absolute atomic E-state index is 0.00364. The van der Waals surface area contributed by atoms with Crippen LogP contribution in [0.2, 0.25) is 18.1 Å². The maximum absolute atomic E-state index is 13.8. The first-order valence-corrected chi connectivity index (χ1v) is 31.5. The van der Waals surface area contributed by atoms with Crippen LogP contribution in [0.25, 0.3) is 0 Å². The third-order valence-corrected chi connectivity index (χ3v) is 23.9. The molecule has 1 aromatic carbocycles. The normalized spacial score (nSPS) is 35.7. The third-order valence-electron chi connectivity index (χ3n) is 17.6. The number of hydrogen-bond acceptors (Lipinski definition) is 11. The summed E-state index contributed by atoms with van der Waals surface area (Å²) in [6.45, 7) is 33.4. The minimum atomic E-state index is -3.52. The van der Waals surface area contributed by atoms with Gasteiger partial charge in [-0.15, -0.1) is 0 Å². The zero-order valence-electron chi connectivity index (χ0n) is 45.0. The second-order valence-electron chi connectivity index (χ2n) is 23.8. The van der Waals surface area contributed by atoms with Crippen LogP contribution >= 0.6 is 0 Å². The molecule has 0 amide bonds. The molecule has 396 valence electrons. The molecule has 0 bridgehead atoms. The third kappa shape index (κ3) is 14.3. The molecule has 6 rings (SSSR count). The van der Waals surface area contributed by atoms with Crippen LogP contribution in [0, 0.1) is 35.5 Å². The van der Waals surface area contributed by atoms with E-state index < -0.39 is 24.3 Å². The maximum Gasteiger partial charge on any atom is 0.308 e. The smallest absolute Gasteiger partial charge is 0.308 e. The van der Waals surface area contributed by atoms with Crippen LogP contribution < -0.4 is 0 Å². The Morgan fingerprint density at radius 3 is 2.26 bits per heavy atom. The molecule has 5 aliphatic heterocycles. The van der Waals surface area contributed by atoms with Gasteiger partial charge in [0.25, 0.3) is 0 Å². The molecule has 6 unspecified atom stereocenters. The number of aliphatic hydroxyl groups excluding tert-OH is 1. The number of rotatable bonds is 21. The molecule has 5 heterocycles. The zero-order chi connectivity index (χ0) is 51.3. The molecule has 0 saturated carbocycles. The Hall–Kier alpha value is -2.20. The molecule has 5 fully saturated rings. The molecule has 0 aliphatic carbocycles. The molecule has 11 nitrogen and oxygen atoms in total. The number of carbonyl (C=O) groups excluding carboxylic acids is 1. The number of benzene rings is 1. The highest BCUT2D eigenvalue weighted by Gasteiger charge is 2.50. The maximum atomic E-state index is 13.8. The van der Waals surface area contributed by atoms with E-state index in [0.717, 1.165) is 62.5 Å². The summed E-state index contributed by atoms with van der Waals surface area (Å²) in [7, 11) is -4.35. The lowest BCUT2D eigenvalue weighted by Crippen LogP contribution is -2.58. The molecular weight excluding hydrogens is 921 g/mol. The van der Waals surface area contributed by atoms with Gasteiger partial charge in [0.05, 0.1) is 97.4 Å². The van der Waals surface area contributed by atoms with Crippen molar-refractivity contribution in [3.8, 4) is 0 Å². The summed E-state index contributed by atoms with van der Waals surface area (Å²) < 4.78 is 73.3. The number of sulfone groups is 1. The Balaban J connectivity index is 1.03. The molecule has 13 heteroatoms. The fourth-order valence-corrected chi connectivity index (χ4v) is 14.5. The number of aliphatic hydroxyl groups is 1. The topological polar surface area (TPSA) is 136 Å². The Kier molecular flexibility index (Phi) is 19.9. The van der Waals surface area contributed by atoms with Crippen molar-refractivity contribution in [3.05, 3.63) is 66.8 Å². The van der Waals surface area contributed by atoms with Crippen LogP contribution in [0.15, 0.2) is 71.7 Å². The van der Waals surface area contributed by atoms with E-state index in [4.69, 9.17) is 32.8 Å². The van der Waals surface area contributed by atoms with E-state index in [1.54, 1.807) is 24.3 Å². The van der Waals surface area contributed by atoms with Crippen molar-refractivity contribution in [2.45, 2.75) is 236 Å². The largest absolute Gasteiger partial charge is 0.469 e. The predicted octanol–water partition coefficient (Wildman–Crippen LogP) is 11.4. The molecule has 1 N–H and O–H groups in total. The number of hydrogen-bond donors (Lipinski definition) is 1.